The van der Waals surface area contributed by atoms with Crippen LogP contribution >= 0.6 is 0 Å². The fourth-order valence-electron chi connectivity index (χ4n) is 2.78. The number of anilines is 1. The summed E-state index contributed by atoms with van der Waals surface area (Å²) < 4.78 is 44.1. The zero-order valence-electron chi connectivity index (χ0n) is 16.4. The van der Waals surface area contributed by atoms with Gasteiger partial charge in [-0.25, -0.2) is 4.98 Å². The van der Waals surface area contributed by atoms with E-state index in [0.29, 0.717) is 5.56 Å². The molecule has 166 valence electrons. The van der Waals surface area contributed by atoms with Crippen molar-refractivity contribution in [3.63, 3.8) is 0 Å². The van der Waals surface area contributed by atoms with Gasteiger partial charge in [0.15, 0.2) is 0 Å². The highest BCUT2D eigenvalue weighted by Crippen LogP contribution is 2.30. The van der Waals surface area contributed by atoms with Crippen molar-refractivity contribution in [3.05, 3.63) is 80.9 Å². The molecule has 1 heterocycles. The van der Waals surface area contributed by atoms with Gasteiger partial charge in [-0.05, 0) is 18.2 Å². The molecule has 0 bridgehead atoms. The highest BCUT2D eigenvalue weighted by atomic mass is 19.4. The number of carbonyl (C=O) groups excluding carboxylic acids is 1. The van der Waals surface area contributed by atoms with Crippen molar-refractivity contribution in [1.82, 2.24) is 9.55 Å². The number of alkyl halides is 3. The first-order valence-corrected chi connectivity index (χ1v) is 8.95. The predicted molar refractivity (Wildman–Crippen MR) is 107 cm³/mol. The molecule has 0 fully saturated rings. The van der Waals surface area contributed by atoms with E-state index in [1.807, 2.05) is 0 Å². The maximum absolute atomic E-state index is 12.7. The summed E-state index contributed by atoms with van der Waals surface area (Å²) in [5.41, 5.74) is -1.22. The van der Waals surface area contributed by atoms with Gasteiger partial charge in [-0.15, -0.1) is 0 Å². The average molecular weight is 448 g/mol. The van der Waals surface area contributed by atoms with Gasteiger partial charge in [0.25, 0.3) is 11.2 Å². The second-order valence-corrected chi connectivity index (χ2v) is 6.51. The Balaban J connectivity index is 1.76. The van der Waals surface area contributed by atoms with Crippen molar-refractivity contribution in [2.45, 2.75) is 12.7 Å². The number of benzene rings is 2. The van der Waals surface area contributed by atoms with Gasteiger partial charge in [-0.2, -0.15) is 13.2 Å². The number of hydrogen-bond donors (Lipinski definition) is 1. The zero-order chi connectivity index (χ0) is 23.5. The van der Waals surface area contributed by atoms with Crippen molar-refractivity contribution < 1.29 is 27.6 Å². The molecular formula is C20H15F3N4O5. The van der Waals surface area contributed by atoms with E-state index in [1.54, 1.807) is 0 Å². The largest absolute Gasteiger partial charge is 0.495 e. The number of aromatic nitrogens is 2. The van der Waals surface area contributed by atoms with Crippen LogP contribution in [0, 0.1) is 10.1 Å². The minimum atomic E-state index is -4.48. The van der Waals surface area contributed by atoms with Gasteiger partial charge in [0.05, 0.1) is 35.3 Å². The van der Waals surface area contributed by atoms with Crippen LogP contribution in [0.15, 0.2) is 59.7 Å². The number of amides is 1. The number of rotatable bonds is 6. The van der Waals surface area contributed by atoms with Crippen LogP contribution in [-0.4, -0.2) is 27.5 Å². The standard InChI is InChI=1S/C20H15F3N4O5/c1-32-17-7-6-14(27(30)31)8-16(17)25-18(28)10-26-11-24-15(9-19(26)29)12-2-4-13(5-3-12)20(21,22)23/h2-9,11H,10H2,1H3,(H,25,28). The molecule has 3 rings (SSSR count). The van der Waals surface area contributed by atoms with E-state index in [4.69, 9.17) is 4.74 Å². The van der Waals surface area contributed by atoms with E-state index in [2.05, 4.69) is 10.3 Å². The van der Waals surface area contributed by atoms with Gasteiger partial charge in [-0.1, -0.05) is 12.1 Å². The lowest BCUT2D eigenvalue weighted by atomic mass is 10.1. The predicted octanol–water partition coefficient (Wildman–Crippen LogP) is 3.48. The Morgan fingerprint density at radius 3 is 2.44 bits per heavy atom. The summed E-state index contributed by atoms with van der Waals surface area (Å²) >= 11 is 0. The number of halogens is 3. The maximum Gasteiger partial charge on any atom is 0.416 e. The number of nitrogens with one attached hydrogen (secondary N) is 1. The van der Waals surface area contributed by atoms with Crippen molar-refractivity contribution in [3.8, 4) is 17.0 Å². The molecular weight excluding hydrogens is 433 g/mol. The van der Waals surface area contributed by atoms with Crippen LogP contribution in [0.5, 0.6) is 5.75 Å². The van der Waals surface area contributed by atoms with Crippen LogP contribution in [0.1, 0.15) is 5.56 Å². The van der Waals surface area contributed by atoms with E-state index in [0.717, 1.165) is 35.2 Å². The normalized spacial score (nSPS) is 11.1. The maximum atomic E-state index is 12.7. The summed E-state index contributed by atoms with van der Waals surface area (Å²) in [4.78, 5) is 39.0. The van der Waals surface area contributed by atoms with Crippen LogP contribution in [-0.2, 0) is 17.5 Å². The first kappa shape index (κ1) is 22.5. The van der Waals surface area contributed by atoms with Crippen LogP contribution in [0.25, 0.3) is 11.3 Å². The van der Waals surface area contributed by atoms with E-state index in [1.165, 1.54) is 31.4 Å². The molecule has 32 heavy (non-hydrogen) atoms. The van der Waals surface area contributed by atoms with Crippen molar-refractivity contribution in [2.75, 3.05) is 12.4 Å². The Hall–Kier alpha value is -4.22. The zero-order valence-corrected chi connectivity index (χ0v) is 16.4. The molecule has 0 radical (unpaired) electrons. The smallest absolute Gasteiger partial charge is 0.416 e. The monoisotopic (exact) mass is 448 g/mol. The quantitative estimate of drug-likeness (QED) is 0.456. The number of hydrogen-bond acceptors (Lipinski definition) is 6. The molecule has 0 spiro atoms. The minimum absolute atomic E-state index is 0.0501. The molecule has 0 unspecified atom stereocenters. The topological polar surface area (TPSA) is 116 Å². The Bertz CT molecular complexity index is 1220. The molecule has 12 heteroatoms. The molecule has 1 amide bonds. The number of nitro benzene ring substituents is 1. The molecule has 0 aliphatic heterocycles. The lowest BCUT2D eigenvalue weighted by molar-refractivity contribution is -0.384. The second kappa shape index (κ2) is 8.88. The van der Waals surface area contributed by atoms with E-state index < -0.39 is 34.7 Å². The molecule has 0 saturated carbocycles. The van der Waals surface area contributed by atoms with Crippen LogP contribution in [0.2, 0.25) is 0 Å². The summed E-state index contributed by atoms with van der Waals surface area (Å²) in [6, 6.07) is 8.87. The lowest BCUT2D eigenvalue weighted by Gasteiger charge is -2.11. The minimum Gasteiger partial charge on any atom is -0.495 e. The van der Waals surface area contributed by atoms with Gasteiger partial charge in [0.2, 0.25) is 5.91 Å². The van der Waals surface area contributed by atoms with Crippen LogP contribution in [0.3, 0.4) is 0 Å². The van der Waals surface area contributed by atoms with Crippen LogP contribution in [0.4, 0.5) is 24.5 Å². The first-order valence-electron chi connectivity index (χ1n) is 8.95. The summed E-state index contributed by atoms with van der Waals surface area (Å²) in [7, 11) is 1.32. The molecule has 0 aliphatic carbocycles. The van der Waals surface area contributed by atoms with Crippen molar-refractivity contribution in [1.29, 1.82) is 0 Å². The molecule has 0 atom stereocenters. The third-order valence-electron chi connectivity index (χ3n) is 4.37. The molecule has 1 N–H and O–H groups in total. The Morgan fingerprint density at radius 2 is 1.88 bits per heavy atom. The van der Waals surface area contributed by atoms with E-state index >= 15 is 0 Å². The third-order valence-corrected chi connectivity index (χ3v) is 4.37. The van der Waals surface area contributed by atoms with Crippen molar-refractivity contribution in [2.24, 2.45) is 0 Å². The summed E-state index contributed by atoms with van der Waals surface area (Å²) in [5, 5.41) is 13.4. The first-order chi connectivity index (χ1) is 15.1. The van der Waals surface area contributed by atoms with E-state index in [-0.39, 0.29) is 22.8 Å². The molecule has 9 nitrogen and oxygen atoms in total. The Labute approximate surface area is 178 Å². The summed E-state index contributed by atoms with van der Waals surface area (Å²) in [6.45, 7) is -0.453. The Morgan fingerprint density at radius 1 is 1.19 bits per heavy atom. The third kappa shape index (κ3) is 5.09. The molecule has 1 aromatic heterocycles. The summed E-state index contributed by atoms with van der Waals surface area (Å²) in [5.74, 6) is -0.484. The average Bonchev–Trinajstić information content (AvgIpc) is 2.74. The number of methoxy groups -OCH3 is 1. The molecule has 2 aromatic carbocycles. The molecule has 0 aliphatic rings. The van der Waals surface area contributed by atoms with Gasteiger partial charge in [0.1, 0.15) is 12.3 Å². The fourth-order valence-corrected chi connectivity index (χ4v) is 2.78. The van der Waals surface area contributed by atoms with E-state index in [9.17, 15) is 32.9 Å². The highest BCUT2D eigenvalue weighted by Gasteiger charge is 2.30. The van der Waals surface area contributed by atoms with Gasteiger partial charge in [0, 0.05) is 23.8 Å². The van der Waals surface area contributed by atoms with Gasteiger partial charge in [-0.3, -0.25) is 24.3 Å². The molecule has 3 aromatic rings. The highest BCUT2D eigenvalue weighted by molar-refractivity contribution is 5.92. The summed E-state index contributed by atoms with van der Waals surface area (Å²) in [6.07, 6.45) is -3.40. The second-order valence-electron chi connectivity index (χ2n) is 6.51. The SMILES string of the molecule is COc1ccc([N+](=O)[O-])cc1NC(=O)Cn1cnc(-c2ccc(C(F)(F)F)cc2)cc1=O. The number of nitrogens with zero attached hydrogens (tertiary/aromatic N) is 3. The van der Waals surface area contributed by atoms with Gasteiger partial charge < -0.3 is 10.1 Å². The Kier molecular flexibility index (Phi) is 6.23. The number of ether oxygens (including phenoxy) is 1. The van der Waals surface area contributed by atoms with Gasteiger partial charge >= 0.3 is 6.18 Å². The number of carbonyl (C=O) groups is 1. The van der Waals surface area contributed by atoms with Crippen molar-refractivity contribution >= 4 is 17.3 Å². The lowest BCUT2D eigenvalue weighted by Crippen LogP contribution is -2.27. The number of non-ortho nitro benzene ring substituents is 1. The fraction of sp³-hybridized carbons (Fsp3) is 0.150. The molecule has 0 saturated heterocycles. The van der Waals surface area contributed by atoms with Crippen LogP contribution < -0.4 is 15.6 Å². The number of nitro groups is 1.